The zero-order chi connectivity index (χ0) is 14.7. The molecule has 3 aromatic carbocycles. The predicted molar refractivity (Wildman–Crippen MR) is 89.6 cm³/mol. The Morgan fingerprint density at radius 2 is 1.19 bits per heavy atom. The average molecular weight is 274 g/mol. The van der Waals surface area contributed by atoms with Gasteiger partial charge in [0.1, 0.15) is 0 Å². The quantitative estimate of drug-likeness (QED) is 0.708. The zero-order valence-electron chi connectivity index (χ0n) is 11.8. The van der Waals surface area contributed by atoms with Crippen LogP contribution >= 0.6 is 0 Å². The molecular formula is C19H18N2. The normalized spacial score (nSPS) is 10.5. The van der Waals surface area contributed by atoms with E-state index in [0.717, 1.165) is 33.5 Å². The van der Waals surface area contributed by atoms with E-state index in [-0.39, 0.29) is 0 Å². The SMILES string of the molecule is NCc1ccc(-c2cccc(-c3ccccc3)c2N)cc1. The fraction of sp³-hybridized carbons (Fsp3) is 0.0526. The van der Waals surface area contributed by atoms with Crippen molar-refractivity contribution in [3.05, 3.63) is 78.4 Å². The van der Waals surface area contributed by atoms with Crippen LogP contribution in [-0.4, -0.2) is 0 Å². The van der Waals surface area contributed by atoms with Gasteiger partial charge >= 0.3 is 0 Å². The molecule has 0 saturated carbocycles. The molecule has 0 aliphatic heterocycles. The van der Waals surface area contributed by atoms with E-state index in [1.54, 1.807) is 0 Å². The van der Waals surface area contributed by atoms with Crippen molar-refractivity contribution < 1.29 is 0 Å². The summed E-state index contributed by atoms with van der Waals surface area (Å²) in [4.78, 5) is 0. The van der Waals surface area contributed by atoms with Gasteiger partial charge in [-0.2, -0.15) is 0 Å². The first-order chi connectivity index (χ1) is 10.3. The summed E-state index contributed by atoms with van der Waals surface area (Å²) in [6, 6.07) is 24.6. The van der Waals surface area contributed by atoms with E-state index in [1.165, 1.54) is 0 Å². The Bertz CT molecular complexity index is 731. The topological polar surface area (TPSA) is 52.0 Å². The summed E-state index contributed by atoms with van der Waals surface area (Å²) in [5.74, 6) is 0. The molecule has 0 aliphatic carbocycles. The number of para-hydroxylation sites is 1. The van der Waals surface area contributed by atoms with Gasteiger partial charge in [0.25, 0.3) is 0 Å². The van der Waals surface area contributed by atoms with Crippen molar-refractivity contribution in [3.63, 3.8) is 0 Å². The lowest BCUT2D eigenvalue weighted by Gasteiger charge is -2.12. The maximum Gasteiger partial charge on any atom is 0.0473 e. The molecule has 4 N–H and O–H groups in total. The Kier molecular flexibility index (Phi) is 3.71. The van der Waals surface area contributed by atoms with Crippen molar-refractivity contribution >= 4 is 5.69 Å². The zero-order valence-corrected chi connectivity index (χ0v) is 11.8. The third kappa shape index (κ3) is 2.67. The molecule has 0 radical (unpaired) electrons. The largest absolute Gasteiger partial charge is 0.398 e. The molecule has 0 spiro atoms. The third-order valence-electron chi connectivity index (χ3n) is 3.69. The van der Waals surface area contributed by atoms with Gasteiger partial charge in [-0.15, -0.1) is 0 Å². The molecule has 0 aromatic heterocycles. The molecule has 0 amide bonds. The van der Waals surface area contributed by atoms with Crippen molar-refractivity contribution in [1.82, 2.24) is 0 Å². The Morgan fingerprint density at radius 3 is 1.76 bits per heavy atom. The second kappa shape index (κ2) is 5.81. The summed E-state index contributed by atoms with van der Waals surface area (Å²) in [5.41, 5.74) is 18.3. The highest BCUT2D eigenvalue weighted by atomic mass is 14.6. The van der Waals surface area contributed by atoms with Crippen LogP contribution in [0.2, 0.25) is 0 Å². The van der Waals surface area contributed by atoms with Gasteiger partial charge in [-0.25, -0.2) is 0 Å². The smallest absolute Gasteiger partial charge is 0.0473 e. The molecule has 21 heavy (non-hydrogen) atoms. The van der Waals surface area contributed by atoms with Crippen LogP contribution in [0, 0.1) is 0 Å². The summed E-state index contributed by atoms with van der Waals surface area (Å²) in [6.45, 7) is 0.555. The highest BCUT2D eigenvalue weighted by Crippen LogP contribution is 2.34. The van der Waals surface area contributed by atoms with Crippen LogP contribution in [0.1, 0.15) is 5.56 Å². The third-order valence-corrected chi connectivity index (χ3v) is 3.69. The minimum Gasteiger partial charge on any atom is -0.398 e. The van der Waals surface area contributed by atoms with Crippen LogP contribution in [0.25, 0.3) is 22.3 Å². The van der Waals surface area contributed by atoms with E-state index >= 15 is 0 Å². The number of rotatable bonds is 3. The lowest BCUT2D eigenvalue weighted by atomic mass is 9.96. The highest BCUT2D eigenvalue weighted by molar-refractivity contribution is 5.88. The Labute approximate surface area is 125 Å². The number of nitrogen functional groups attached to an aromatic ring is 1. The lowest BCUT2D eigenvalue weighted by molar-refractivity contribution is 1.07. The van der Waals surface area contributed by atoms with Crippen molar-refractivity contribution in [1.29, 1.82) is 0 Å². The molecule has 3 rings (SSSR count). The number of hydrogen-bond donors (Lipinski definition) is 2. The molecule has 0 unspecified atom stereocenters. The summed E-state index contributed by atoms with van der Waals surface area (Å²) in [5, 5.41) is 0. The van der Waals surface area contributed by atoms with Crippen molar-refractivity contribution in [2.24, 2.45) is 5.73 Å². The van der Waals surface area contributed by atoms with E-state index in [0.29, 0.717) is 6.54 Å². The van der Waals surface area contributed by atoms with Crippen LogP contribution < -0.4 is 11.5 Å². The van der Waals surface area contributed by atoms with Crippen LogP contribution in [0.4, 0.5) is 5.69 Å². The molecule has 0 atom stereocenters. The van der Waals surface area contributed by atoms with E-state index in [2.05, 4.69) is 36.4 Å². The van der Waals surface area contributed by atoms with Gasteiger partial charge in [0.15, 0.2) is 0 Å². The fourth-order valence-electron chi connectivity index (χ4n) is 2.51. The van der Waals surface area contributed by atoms with Crippen molar-refractivity contribution in [3.8, 4) is 22.3 Å². The molecule has 0 bridgehead atoms. The lowest BCUT2D eigenvalue weighted by Crippen LogP contribution is -1.96. The summed E-state index contributed by atoms with van der Waals surface area (Å²) in [7, 11) is 0. The first kappa shape index (κ1) is 13.4. The van der Waals surface area contributed by atoms with E-state index < -0.39 is 0 Å². The van der Waals surface area contributed by atoms with Gasteiger partial charge in [0.05, 0.1) is 0 Å². The molecule has 2 nitrogen and oxygen atoms in total. The molecule has 0 fully saturated rings. The first-order valence-electron chi connectivity index (χ1n) is 7.03. The van der Waals surface area contributed by atoms with Gasteiger partial charge in [-0.05, 0) is 16.7 Å². The molecular weight excluding hydrogens is 256 g/mol. The standard InChI is InChI=1S/C19H18N2/c20-13-14-9-11-16(12-10-14)18-8-4-7-17(19(18)21)15-5-2-1-3-6-15/h1-12H,13,20-21H2. The van der Waals surface area contributed by atoms with Crippen LogP contribution in [-0.2, 0) is 6.54 Å². The second-order valence-corrected chi connectivity index (χ2v) is 5.03. The molecule has 0 saturated heterocycles. The number of benzene rings is 3. The Balaban J connectivity index is 2.08. The second-order valence-electron chi connectivity index (χ2n) is 5.03. The molecule has 0 heterocycles. The summed E-state index contributed by atoms with van der Waals surface area (Å²) >= 11 is 0. The number of hydrogen-bond acceptors (Lipinski definition) is 2. The average Bonchev–Trinajstić information content (AvgIpc) is 2.56. The minimum atomic E-state index is 0.555. The molecule has 3 aromatic rings. The maximum atomic E-state index is 6.39. The predicted octanol–water partition coefficient (Wildman–Crippen LogP) is 4.06. The Morgan fingerprint density at radius 1 is 0.619 bits per heavy atom. The van der Waals surface area contributed by atoms with Crippen molar-refractivity contribution in [2.45, 2.75) is 6.54 Å². The van der Waals surface area contributed by atoms with E-state index in [9.17, 15) is 0 Å². The number of nitrogens with two attached hydrogens (primary N) is 2. The van der Waals surface area contributed by atoms with Crippen LogP contribution in [0.15, 0.2) is 72.8 Å². The van der Waals surface area contributed by atoms with E-state index in [1.807, 2.05) is 36.4 Å². The number of anilines is 1. The Hall–Kier alpha value is -2.58. The first-order valence-corrected chi connectivity index (χ1v) is 7.03. The molecule has 2 heteroatoms. The maximum absolute atomic E-state index is 6.39. The van der Waals surface area contributed by atoms with E-state index in [4.69, 9.17) is 11.5 Å². The van der Waals surface area contributed by atoms with Gasteiger partial charge in [0, 0.05) is 23.4 Å². The molecule has 104 valence electrons. The monoisotopic (exact) mass is 274 g/mol. The van der Waals surface area contributed by atoms with Crippen LogP contribution in [0.3, 0.4) is 0 Å². The van der Waals surface area contributed by atoms with Crippen molar-refractivity contribution in [2.75, 3.05) is 5.73 Å². The van der Waals surface area contributed by atoms with Gasteiger partial charge in [-0.3, -0.25) is 0 Å². The summed E-state index contributed by atoms with van der Waals surface area (Å²) in [6.07, 6.45) is 0. The fourth-order valence-corrected chi connectivity index (χ4v) is 2.51. The van der Waals surface area contributed by atoms with Gasteiger partial charge in [-0.1, -0.05) is 72.8 Å². The molecule has 0 aliphatic rings. The highest BCUT2D eigenvalue weighted by Gasteiger charge is 2.08. The minimum absolute atomic E-state index is 0.555. The van der Waals surface area contributed by atoms with Crippen LogP contribution in [0.5, 0.6) is 0 Å². The van der Waals surface area contributed by atoms with Gasteiger partial charge < -0.3 is 11.5 Å². The van der Waals surface area contributed by atoms with Gasteiger partial charge in [0.2, 0.25) is 0 Å². The summed E-state index contributed by atoms with van der Waals surface area (Å²) < 4.78 is 0.